The van der Waals surface area contributed by atoms with Gasteiger partial charge < -0.3 is 10.6 Å². The van der Waals surface area contributed by atoms with Crippen LogP contribution < -0.4 is 5.73 Å². The molecule has 0 aromatic heterocycles. The number of rotatable bonds is 1. The van der Waals surface area contributed by atoms with Crippen molar-refractivity contribution >= 4 is 39.3 Å². The number of hydrogen-bond donors (Lipinski definition) is 1. The molecule has 1 heterocycles. The van der Waals surface area contributed by atoms with Crippen LogP contribution in [0.2, 0.25) is 0 Å². The van der Waals surface area contributed by atoms with Crippen molar-refractivity contribution in [2.45, 2.75) is 0 Å². The fraction of sp³-hybridized carbons (Fsp3) is 0.364. The highest BCUT2D eigenvalue weighted by Gasteiger charge is 2.19. The summed E-state index contributed by atoms with van der Waals surface area (Å²) in [7, 11) is 0. The lowest BCUT2D eigenvalue weighted by atomic mass is 10.1. The Bertz CT molecular complexity index is 405. The van der Waals surface area contributed by atoms with Crippen molar-refractivity contribution in [3.05, 3.63) is 28.2 Å². The first-order valence-corrected chi connectivity index (χ1v) is 7.05. The van der Waals surface area contributed by atoms with Gasteiger partial charge in [0.1, 0.15) is 0 Å². The van der Waals surface area contributed by atoms with Crippen molar-refractivity contribution in [2.24, 2.45) is 0 Å². The molecule has 1 aromatic carbocycles. The van der Waals surface area contributed by atoms with Gasteiger partial charge in [-0.15, -0.1) is 0 Å². The van der Waals surface area contributed by atoms with Crippen LogP contribution in [-0.2, 0) is 0 Å². The van der Waals surface area contributed by atoms with E-state index >= 15 is 0 Å². The molecule has 0 aliphatic carbocycles. The quantitative estimate of drug-likeness (QED) is 0.809. The summed E-state index contributed by atoms with van der Waals surface area (Å²) in [6.45, 7) is 1.64. The highest BCUT2D eigenvalue weighted by molar-refractivity contribution is 9.10. The van der Waals surface area contributed by atoms with Crippen LogP contribution in [-0.4, -0.2) is 35.4 Å². The molecule has 2 N–H and O–H groups in total. The minimum atomic E-state index is 0.0466. The Hall–Kier alpha value is -0.680. The van der Waals surface area contributed by atoms with Gasteiger partial charge in [0.05, 0.1) is 5.56 Å². The van der Waals surface area contributed by atoms with E-state index < -0.39 is 0 Å². The van der Waals surface area contributed by atoms with Crippen molar-refractivity contribution < 1.29 is 4.79 Å². The minimum absolute atomic E-state index is 0.0466. The molecule has 0 spiro atoms. The van der Waals surface area contributed by atoms with E-state index in [2.05, 4.69) is 15.9 Å². The molecule has 0 saturated carbocycles. The highest BCUT2D eigenvalue weighted by atomic mass is 79.9. The third-order valence-corrected chi connectivity index (χ3v) is 3.98. The number of nitrogens with two attached hydrogens (primary N) is 1. The second-order valence-electron chi connectivity index (χ2n) is 3.64. The number of hydrogen-bond acceptors (Lipinski definition) is 3. The highest BCUT2D eigenvalue weighted by Crippen LogP contribution is 2.21. The summed E-state index contributed by atoms with van der Waals surface area (Å²) in [4.78, 5) is 14.0. The lowest BCUT2D eigenvalue weighted by Gasteiger charge is -2.26. The molecule has 5 heteroatoms. The average Bonchev–Trinajstić information content (AvgIpc) is 2.29. The van der Waals surface area contributed by atoms with Gasteiger partial charge >= 0.3 is 0 Å². The van der Waals surface area contributed by atoms with Crippen LogP contribution in [0.4, 0.5) is 5.69 Å². The average molecular weight is 301 g/mol. The second-order valence-corrected chi connectivity index (χ2v) is 5.78. The summed E-state index contributed by atoms with van der Waals surface area (Å²) in [5.41, 5.74) is 6.99. The molecule has 1 saturated heterocycles. The third kappa shape index (κ3) is 2.52. The van der Waals surface area contributed by atoms with Crippen molar-refractivity contribution in [3.8, 4) is 0 Å². The van der Waals surface area contributed by atoms with Crippen molar-refractivity contribution in [1.29, 1.82) is 0 Å². The minimum Gasteiger partial charge on any atom is -0.398 e. The fourth-order valence-corrected chi connectivity index (χ4v) is 2.95. The number of carbonyl (C=O) groups is 1. The molecule has 86 valence electrons. The van der Waals surface area contributed by atoms with E-state index in [0.717, 1.165) is 29.1 Å². The fourth-order valence-electron chi connectivity index (χ4n) is 1.67. The van der Waals surface area contributed by atoms with Gasteiger partial charge in [0.15, 0.2) is 0 Å². The van der Waals surface area contributed by atoms with Gasteiger partial charge in [0, 0.05) is 34.8 Å². The number of nitrogens with zero attached hydrogens (tertiary/aromatic N) is 1. The van der Waals surface area contributed by atoms with Gasteiger partial charge in [-0.1, -0.05) is 15.9 Å². The van der Waals surface area contributed by atoms with E-state index in [1.165, 1.54) is 0 Å². The summed E-state index contributed by atoms with van der Waals surface area (Å²) >= 11 is 5.22. The third-order valence-electron chi connectivity index (χ3n) is 2.54. The molecule has 1 fully saturated rings. The van der Waals surface area contributed by atoms with Gasteiger partial charge in [0.25, 0.3) is 5.91 Å². The lowest BCUT2D eigenvalue weighted by Crippen LogP contribution is -2.38. The molecule has 1 aliphatic heterocycles. The first-order chi connectivity index (χ1) is 7.68. The van der Waals surface area contributed by atoms with E-state index in [1.807, 2.05) is 22.7 Å². The maximum atomic E-state index is 12.2. The predicted octanol–water partition coefficient (Wildman–Crippen LogP) is 2.22. The Kier molecular flexibility index (Phi) is 3.76. The molecule has 0 atom stereocenters. The number of benzene rings is 1. The molecule has 0 bridgehead atoms. The first-order valence-electron chi connectivity index (χ1n) is 5.10. The standard InChI is InChI=1S/C11H13BrN2OS/c12-8-1-2-9(10(13)7-8)11(15)14-3-5-16-6-4-14/h1-2,7H,3-6,13H2. The number of nitrogen functional groups attached to an aromatic ring is 1. The molecule has 1 aliphatic rings. The van der Waals surface area contributed by atoms with Crippen molar-refractivity contribution in [1.82, 2.24) is 4.90 Å². The molecule has 16 heavy (non-hydrogen) atoms. The molecule has 0 radical (unpaired) electrons. The first kappa shape index (κ1) is 11.8. The Labute approximate surface area is 108 Å². The predicted molar refractivity (Wildman–Crippen MR) is 71.8 cm³/mol. The summed E-state index contributed by atoms with van der Waals surface area (Å²) in [5.74, 6) is 2.08. The van der Waals surface area contributed by atoms with Crippen LogP contribution in [0.5, 0.6) is 0 Å². The van der Waals surface area contributed by atoms with Crippen molar-refractivity contribution in [3.63, 3.8) is 0 Å². The van der Waals surface area contributed by atoms with Gasteiger partial charge in [0.2, 0.25) is 0 Å². The number of anilines is 1. The Morgan fingerprint density at radius 2 is 2.06 bits per heavy atom. The summed E-state index contributed by atoms with van der Waals surface area (Å²) in [5, 5.41) is 0. The second kappa shape index (κ2) is 5.10. The molecule has 2 rings (SSSR count). The van der Waals surface area contributed by atoms with E-state index in [4.69, 9.17) is 5.73 Å². The van der Waals surface area contributed by atoms with Crippen LogP contribution in [0, 0.1) is 0 Å². The Morgan fingerprint density at radius 3 is 2.69 bits per heavy atom. The van der Waals surface area contributed by atoms with Gasteiger partial charge in [-0.2, -0.15) is 11.8 Å². The van der Waals surface area contributed by atoms with Crippen LogP contribution in [0.1, 0.15) is 10.4 Å². The number of thioether (sulfide) groups is 1. The van der Waals surface area contributed by atoms with Crippen LogP contribution in [0.25, 0.3) is 0 Å². The molecule has 3 nitrogen and oxygen atoms in total. The molecule has 1 amide bonds. The Morgan fingerprint density at radius 1 is 1.38 bits per heavy atom. The van der Waals surface area contributed by atoms with Crippen molar-refractivity contribution in [2.75, 3.05) is 30.3 Å². The normalized spacial score (nSPS) is 16.2. The summed E-state index contributed by atoms with van der Waals surface area (Å²) in [6.07, 6.45) is 0. The maximum Gasteiger partial charge on any atom is 0.255 e. The van der Waals surface area contributed by atoms with Crippen LogP contribution in [0.15, 0.2) is 22.7 Å². The van der Waals surface area contributed by atoms with E-state index in [-0.39, 0.29) is 5.91 Å². The van der Waals surface area contributed by atoms with E-state index in [1.54, 1.807) is 12.1 Å². The smallest absolute Gasteiger partial charge is 0.255 e. The zero-order valence-corrected chi connectivity index (χ0v) is 11.2. The molecular formula is C11H13BrN2OS. The van der Waals surface area contributed by atoms with Gasteiger partial charge in [-0.25, -0.2) is 0 Å². The van der Waals surface area contributed by atoms with Crippen LogP contribution >= 0.6 is 27.7 Å². The number of carbonyl (C=O) groups excluding carboxylic acids is 1. The lowest BCUT2D eigenvalue weighted by molar-refractivity contribution is 0.0773. The zero-order chi connectivity index (χ0) is 11.5. The number of halogens is 1. The largest absolute Gasteiger partial charge is 0.398 e. The molecule has 0 unspecified atom stereocenters. The van der Waals surface area contributed by atoms with E-state index in [0.29, 0.717) is 11.3 Å². The Balaban J connectivity index is 2.19. The SMILES string of the molecule is Nc1cc(Br)ccc1C(=O)N1CCSCC1. The van der Waals surface area contributed by atoms with Gasteiger partial charge in [-0.05, 0) is 18.2 Å². The van der Waals surface area contributed by atoms with E-state index in [9.17, 15) is 4.79 Å². The summed E-state index contributed by atoms with van der Waals surface area (Å²) in [6, 6.07) is 5.40. The maximum absolute atomic E-state index is 12.2. The number of amides is 1. The monoisotopic (exact) mass is 300 g/mol. The van der Waals surface area contributed by atoms with Crippen LogP contribution in [0.3, 0.4) is 0 Å². The van der Waals surface area contributed by atoms with Gasteiger partial charge in [-0.3, -0.25) is 4.79 Å². The topological polar surface area (TPSA) is 46.3 Å². The summed E-state index contributed by atoms with van der Waals surface area (Å²) < 4.78 is 0.899. The molecular weight excluding hydrogens is 288 g/mol. The zero-order valence-electron chi connectivity index (χ0n) is 8.78. The molecule has 1 aromatic rings.